The Morgan fingerprint density at radius 2 is 1.97 bits per heavy atom. The van der Waals surface area contributed by atoms with E-state index in [1.807, 2.05) is 6.07 Å². The second kappa shape index (κ2) is 12.6. The highest BCUT2D eigenvalue weighted by Gasteiger charge is 2.22. The average Bonchev–Trinajstić information content (AvgIpc) is 3.46. The summed E-state index contributed by atoms with van der Waals surface area (Å²) in [7, 11) is 0. The van der Waals surface area contributed by atoms with Crippen molar-refractivity contribution in [3.05, 3.63) is 52.2 Å². The second-order valence-electron chi connectivity index (χ2n) is 8.38. The molecule has 0 unspecified atom stereocenters. The molecule has 7 heteroatoms. The number of hydrogen-bond donors (Lipinski definition) is 2. The van der Waals surface area contributed by atoms with E-state index in [4.69, 9.17) is 9.73 Å². The summed E-state index contributed by atoms with van der Waals surface area (Å²) in [4.78, 5) is 7.42. The van der Waals surface area contributed by atoms with E-state index in [0.29, 0.717) is 12.6 Å². The molecule has 0 atom stereocenters. The molecule has 0 bridgehead atoms. The van der Waals surface area contributed by atoms with Crippen LogP contribution in [-0.2, 0) is 13.1 Å². The van der Waals surface area contributed by atoms with Crippen molar-refractivity contribution >= 4 is 41.3 Å². The van der Waals surface area contributed by atoms with Crippen molar-refractivity contribution in [3.63, 3.8) is 0 Å². The summed E-state index contributed by atoms with van der Waals surface area (Å²) in [6.45, 7) is 7.78. The van der Waals surface area contributed by atoms with Crippen LogP contribution in [-0.4, -0.2) is 43.1 Å². The minimum Gasteiger partial charge on any atom is -0.493 e. The zero-order chi connectivity index (χ0) is 20.6. The number of rotatable bonds is 9. The highest BCUT2D eigenvalue weighted by atomic mass is 127. The Labute approximate surface area is 207 Å². The molecular formula is C24H35IN4OS. The summed E-state index contributed by atoms with van der Waals surface area (Å²) in [5, 5.41) is 11.5. The summed E-state index contributed by atoms with van der Waals surface area (Å²) in [6.07, 6.45) is 4.91. The summed E-state index contributed by atoms with van der Waals surface area (Å²) in [6, 6.07) is 11.0. The predicted molar refractivity (Wildman–Crippen MR) is 141 cm³/mol. The lowest BCUT2D eigenvalue weighted by Gasteiger charge is -2.33. The van der Waals surface area contributed by atoms with Gasteiger partial charge in [0.1, 0.15) is 5.75 Å². The predicted octanol–water partition coefficient (Wildman–Crippen LogP) is 4.87. The van der Waals surface area contributed by atoms with Crippen LogP contribution in [0, 0.1) is 5.92 Å². The van der Waals surface area contributed by atoms with Crippen molar-refractivity contribution in [1.29, 1.82) is 0 Å². The molecular weight excluding hydrogens is 519 g/mol. The van der Waals surface area contributed by atoms with E-state index in [2.05, 4.69) is 57.5 Å². The van der Waals surface area contributed by atoms with Gasteiger partial charge < -0.3 is 15.4 Å². The molecule has 2 aromatic rings. The number of thiophene rings is 1. The van der Waals surface area contributed by atoms with Gasteiger partial charge in [-0.3, -0.25) is 4.90 Å². The third kappa shape index (κ3) is 7.95. The van der Waals surface area contributed by atoms with Gasteiger partial charge in [0.05, 0.1) is 13.2 Å². The smallest absolute Gasteiger partial charge is 0.191 e. The molecule has 2 fully saturated rings. The van der Waals surface area contributed by atoms with E-state index in [1.165, 1.54) is 18.4 Å². The van der Waals surface area contributed by atoms with Crippen molar-refractivity contribution in [3.8, 4) is 5.75 Å². The largest absolute Gasteiger partial charge is 0.493 e. The molecule has 1 aliphatic heterocycles. The molecule has 2 heterocycles. The van der Waals surface area contributed by atoms with E-state index in [9.17, 15) is 0 Å². The third-order valence-electron chi connectivity index (χ3n) is 5.81. The molecule has 1 aromatic heterocycles. The summed E-state index contributed by atoms with van der Waals surface area (Å²) >= 11 is 1.78. The number of likely N-dealkylation sites (tertiary alicyclic amines) is 1. The van der Waals surface area contributed by atoms with Crippen LogP contribution in [0.25, 0.3) is 0 Å². The average molecular weight is 555 g/mol. The summed E-state index contributed by atoms with van der Waals surface area (Å²) in [5.74, 6) is 2.64. The minimum atomic E-state index is 0. The number of guanidine groups is 1. The molecule has 4 rings (SSSR count). The second-order valence-corrected chi connectivity index (χ2v) is 9.16. The summed E-state index contributed by atoms with van der Waals surface area (Å²) in [5.41, 5.74) is 2.59. The van der Waals surface area contributed by atoms with Crippen LogP contribution in [0.3, 0.4) is 0 Å². The number of hydrogen-bond acceptors (Lipinski definition) is 4. The maximum absolute atomic E-state index is 6.04. The standard InChI is InChI=1S/C24H34N4OS.HI/c1-2-25-24(26-15-21-5-3-4-6-23(21)29-17-19-7-8-19)27-22-9-12-28(13-10-22)16-20-11-14-30-18-20;/h3-6,11,14,18-19,22H,2,7-10,12-13,15-17H2,1H3,(H2,25,26,27);1H. The molecule has 0 amide bonds. The lowest BCUT2D eigenvalue weighted by Crippen LogP contribution is -2.48. The van der Waals surface area contributed by atoms with Crippen molar-refractivity contribution < 1.29 is 4.74 Å². The number of benzene rings is 1. The van der Waals surface area contributed by atoms with Gasteiger partial charge in [-0.15, -0.1) is 24.0 Å². The highest BCUT2D eigenvalue weighted by molar-refractivity contribution is 14.0. The maximum atomic E-state index is 6.04. The number of para-hydroxylation sites is 1. The van der Waals surface area contributed by atoms with Gasteiger partial charge in [-0.1, -0.05) is 18.2 Å². The first-order chi connectivity index (χ1) is 14.8. The van der Waals surface area contributed by atoms with Crippen LogP contribution < -0.4 is 15.4 Å². The Bertz CT molecular complexity index is 802. The molecule has 1 saturated carbocycles. The SMILES string of the molecule is CCNC(=NCc1ccccc1OCC1CC1)NC1CCN(Cc2ccsc2)CC1.I. The zero-order valence-electron chi connectivity index (χ0n) is 18.4. The monoisotopic (exact) mass is 554 g/mol. The van der Waals surface area contributed by atoms with Gasteiger partial charge in [0.15, 0.2) is 5.96 Å². The van der Waals surface area contributed by atoms with Crippen LogP contribution in [0.2, 0.25) is 0 Å². The molecule has 2 N–H and O–H groups in total. The van der Waals surface area contributed by atoms with Crippen LogP contribution in [0.5, 0.6) is 5.75 Å². The fourth-order valence-corrected chi connectivity index (χ4v) is 4.48. The number of halogens is 1. The number of nitrogens with zero attached hydrogens (tertiary/aromatic N) is 2. The minimum absolute atomic E-state index is 0. The van der Waals surface area contributed by atoms with Crippen molar-refractivity contribution in [2.45, 2.75) is 51.7 Å². The third-order valence-corrected chi connectivity index (χ3v) is 6.54. The van der Waals surface area contributed by atoms with Gasteiger partial charge in [0.2, 0.25) is 0 Å². The first kappa shape index (κ1) is 24.3. The van der Waals surface area contributed by atoms with Crippen LogP contribution >= 0.6 is 35.3 Å². The Morgan fingerprint density at radius 1 is 1.16 bits per heavy atom. The van der Waals surface area contributed by atoms with E-state index < -0.39 is 0 Å². The zero-order valence-corrected chi connectivity index (χ0v) is 21.5. The van der Waals surface area contributed by atoms with Crippen molar-refractivity contribution in [2.24, 2.45) is 10.9 Å². The Kier molecular flexibility index (Phi) is 9.93. The van der Waals surface area contributed by atoms with E-state index in [0.717, 1.165) is 68.8 Å². The first-order valence-corrected chi connectivity index (χ1v) is 12.2. The lowest BCUT2D eigenvalue weighted by molar-refractivity contribution is 0.198. The fourth-order valence-electron chi connectivity index (χ4n) is 3.82. The van der Waals surface area contributed by atoms with Gasteiger partial charge in [-0.25, -0.2) is 4.99 Å². The van der Waals surface area contributed by atoms with E-state index in [-0.39, 0.29) is 24.0 Å². The molecule has 0 spiro atoms. The van der Waals surface area contributed by atoms with Crippen LogP contribution in [0.15, 0.2) is 46.1 Å². The first-order valence-electron chi connectivity index (χ1n) is 11.3. The number of ether oxygens (including phenoxy) is 1. The fraction of sp³-hybridized carbons (Fsp3) is 0.542. The Morgan fingerprint density at radius 3 is 2.68 bits per heavy atom. The topological polar surface area (TPSA) is 48.9 Å². The number of nitrogens with one attached hydrogen (secondary N) is 2. The Hall–Kier alpha value is -1.32. The highest BCUT2D eigenvalue weighted by Crippen LogP contribution is 2.30. The van der Waals surface area contributed by atoms with Gasteiger partial charge >= 0.3 is 0 Å². The molecule has 170 valence electrons. The molecule has 1 saturated heterocycles. The quantitative estimate of drug-likeness (QED) is 0.264. The molecule has 1 aliphatic carbocycles. The number of piperidine rings is 1. The lowest BCUT2D eigenvalue weighted by atomic mass is 10.0. The normalized spacial score (nSPS) is 17.8. The maximum Gasteiger partial charge on any atom is 0.191 e. The van der Waals surface area contributed by atoms with Gasteiger partial charge in [0, 0.05) is 37.8 Å². The molecule has 5 nitrogen and oxygen atoms in total. The van der Waals surface area contributed by atoms with E-state index in [1.54, 1.807) is 11.3 Å². The van der Waals surface area contributed by atoms with Crippen molar-refractivity contribution in [1.82, 2.24) is 15.5 Å². The molecule has 1 aromatic carbocycles. The molecule has 0 radical (unpaired) electrons. The van der Waals surface area contributed by atoms with Crippen molar-refractivity contribution in [2.75, 3.05) is 26.2 Å². The van der Waals surface area contributed by atoms with Crippen LogP contribution in [0.4, 0.5) is 0 Å². The van der Waals surface area contributed by atoms with Gasteiger partial charge in [-0.2, -0.15) is 11.3 Å². The summed E-state index contributed by atoms with van der Waals surface area (Å²) < 4.78 is 6.04. The number of aliphatic imine (C=N–C) groups is 1. The van der Waals surface area contributed by atoms with E-state index >= 15 is 0 Å². The molecule has 2 aliphatic rings. The van der Waals surface area contributed by atoms with Gasteiger partial charge in [-0.05, 0) is 67.0 Å². The Balaban J connectivity index is 0.00000272. The van der Waals surface area contributed by atoms with Crippen LogP contribution in [0.1, 0.15) is 43.7 Å². The van der Waals surface area contributed by atoms with Gasteiger partial charge in [0.25, 0.3) is 0 Å². The molecule has 31 heavy (non-hydrogen) atoms.